The van der Waals surface area contributed by atoms with E-state index in [9.17, 15) is 9.90 Å². The van der Waals surface area contributed by atoms with Gasteiger partial charge < -0.3 is 26.3 Å². The second-order valence-corrected chi connectivity index (χ2v) is 7.96. The molecule has 5 N–H and O–H groups in total. The Balaban J connectivity index is 2.09. The summed E-state index contributed by atoms with van der Waals surface area (Å²) in [7, 11) is 0. The lowest BCUT2D eigenvalue weighted by Gasteiger charge is -2.20. The van der Waals surface area contributed by atoms with Crippen LogP contribution < -0.4 is 16.4 Å². The molecule has 29 heavy (non-hydrogen) atoms. The highest BCUT2D eigenvalue weighted by molar-refractivity contribution is 6.30. The van der Waals surface area contributed by atoms with Crippen LogP contribution in [0.5, 0.6) is 0 Å². The fourth-order valence-electron chi connectivity index (χ4n) is 2.27. The number of nitrogens with two attached hydrogens (primary N) is 1. The largest absolute Gasteiger partial charge is 0.391 e. The highest BCUT2D eigenvalue weighted by atomic mass is 35.5. The minimum Gasteiger partial charge on any atom is -0.391 e. The van der Waals surface area contributed by atoms with Crippen LogP contribution in [0, 0.1) is 0 Å². The first kappa shape index (κ1) is 22.8. The van der Waals surface area contributed by atoms with Crippen molar-refractivity contribution in [2.24, 2.45) is 10.9 Å². The van der Waals surface area contributed by atoms with Gasteiger partial charge in [-0.1, -0.05) is 40.5 Å². The van der Waals surface area contributed by atoms with E-state index in [0.29, 0.717) is 22.2 Å². The highest BCUT2D eigenvalue weighted by Crippen LogP contribution is 2.14. The van der Waals surface area contributed by atoms with E-state index in [1.165, 1.54) is 0 Å². The zero-order valence-electron chi connectivity index (χ0n) is 16.2. The van der Waals surface area contributed by atoms with Crippen molar-refractivity contribution in [3.63, 3.8) is 0 Å². The van der Waals surface area contributed by atoms with E-state index in [1.54, 1.807) is 50.2 Å². The van der Waals surface area contributed by atoms with Crippen LogP contribution in [-0.4, -0.2) is 35.2 Å². The van der Waals surface area contributed by atoms with Crippen molar-refractivity contribution in [3.05, 3.63) is 64.1 Å². The van der Waals surface area contributed by atoms with Crippen molar-refractivity contribution in [1.82, 2.24) is 5.32 Å². The molecule has 0 saturated carbocycles. The molecule has 0 spiro atoms. The van der Waals surface area contributed by atoms with E-state index < -0.39 is 17.7 Å². The van der Waals surface area contributed by atoms with Gasteiger partial charge in [-0.05, 0) is 55.8 Å². The third-order valence-corrected chi connectivity index (χ3v) is 4.21. The molecular weight excluding hydrogens is 415 g/mol. The average molecular weight is 439 g/mol. The maximum absolute atomic E-state index is 12.4. The second-order valence-electron chi connectivity index (χ2n) is 7.09. The van der Waals surface area contributed by atoms with E-state index in [1.807, 2.05) is 12.1 Å². The lowest BCUT2D eigenvalue weighted by Crippen LogP contribution is -2.47. The van der Waals surface area contributed by atoms with E-state index >= 15 is 0 Å². The number of aliphatic hydroxyl groups is 1. The fraction of sp³-hybridized carbons (Fsp3) is 0.300. The van der Waals surface area contributed by atoms with Gasteiger partial charge in [0.05, 0.1) is 11.6 Å². The topological polar surface area (TPSA) is 109 Å². The van der Waals surface area contributed by atoms with Crippen LogP contribution in [-0.2, 0) is 11.3 Å². The average Bonchev–Trinajstić information content (AvgIpc) is 2.63. The van der Waals surface area contributed by atoms with Gasteiger partial charge in [0, 0.05) is 22.2 Å². The van der Waals surface area contributed by atoms with Crippen LogP contribution in [0.3, 0.4) is 0 Å². The SMILES string of the molecule is CC(C)(O)CO/N=C(\N)[C@H](Cc1ccc(Cl)cc1)NC(=O)Nc1ccc(Cl)cc1. The summed E-state index contributed by atoms with van der Waals surface area (Å²) < 4.78 is 0. The Hall–Kier alpha value is -2.48. The Morgan fingerprint density at radius 2 is 1.69 bits per heavy atom. The normalized spacial score (nSPS) is 12.9. The summed E-state index contributed by atoms with van der Waals surface area (Å²) in [4.78, 5) is 17.5. The van der Waals surface area contributed by atoms with Gasteiger partial charge in [0.25, 0.3) is 0 Å². The summed E-state index contributed by atoms with van der Waals surface area (Å²) >= 11 is 11.8. The van der Waals surface area contributed by atoms with Crippen LogP contribution in [0.15, 0.2) is 53.7 Å². The molecule has 1 atom stereocenters. The maximum Gasteiger partial charge on any atom is 0.319 e. The molecule has 2 aromatic rings. The zero-order valence-corrected chi connectivity index (χ0v) is 17.7. The lowest BCUT2D eigenvalue weighted by molar-refractivity contribution is -0.0194. The van der Waals surface area contributed by atoms with Gasteiger partial charge in [-0.2, -0.15) is 0 Å². The molecule has 2 aromatic carbocycles. The predicted octanol–water partition coefficient (Wildman–Crippen LogP) is 3.79. The number of nitrogens with one attached hydrogen (secondary N) is 2. The molecule has 9 heteroatoms. The van der Waals surface area contributed by atoms with E-state index in [4.69, 9.17) is 33.8 Å². The van der Waals surface area contributed by atoms with Gasteiger partial charge in [-0.25, -0.2) is 4.79 Å². The monoisotopic (exact) mass is 438 g/mol. The number of halogens is 2. The molecule has 0 aliphatic heterocycles. The van der Waals surface area contributed by atoms with Gasteiger partial charge in [-0.15, -0.1) is 0 Å². The van der Waals surface area contributed by atoms with Crippen LogP contribution in [0.2, 0.25) is 10.0 Å². The molecule has 0 heterocycles. The number of carbonyl (C=O) groups excluding carboxylic acids is 1. The molecular formula is C20H24Cl2N4O3. The standard InChI is InChI=1S/C20H24Cl2N4O3/c1-20(2,28)12-29-26-18(23)17(11-13-3-5-14(21)6-4-13)25-19(27)24-16-9-7-15(22)8-10-16/h3-10,17,28H,11-12H2,1-2H3,(H2,23,26)(H2,24,25,27)/t17-/m0/s1. The van der Waals surface area contributed by atoms with Crippen molar-refractivity contribution in [2.75, 3.05) is 11.9 Å². The molecule has 0 unspecified atom stereocenters. The van der Waals surface area contributed by atoms with Crippen molar-refractivity contribution >= 4 is 40.8 Å². The first-order valence-electron chi connectivity index (χ1n) is 8.87. The minimum absolute atomic E-state index is 0.0433. The minimum atomic E-state index is -1.06. The number of carbonyl (C=O) groups is 1. The molecule has 0 fully saturated rings. The number of hydrogen-bond acceptors (Lipinski definition) is 4. The summed E-state index contributed by atoms with van der Waals surface area (Å²) in [5.41, 5.74) is 6.45. The van der Waals surface area contributed by atoms with Crippen molar-refractivity contribution in [3.8, 4) is 0 Å². The number of urea groups is 1. The quantitative estimate of drug-likeness (QED) is 0.285. The summed E-state index contributed by atoms with van der Waals surface area (Å²) in [5, 5.41) is 20.2. The third-order valence-electron chi connectivity index (χ3n) is 3.71. The Bertz CT molecular complexity index is 834. The molecule has 2 rings (SSSR count). The van der Waals surface area contributed by atoms with Gasteiger partial charge in [0.2, 0.25) is 0 Å². The molecule has 2 amide bonds. The molecule has 0 saturated heterocycles. The Labute approximate surface area is 179 Å². The van der Waals surface area contributed by atoms with E-state index in [0.717, 1.165) is 5.56 Å². The Kier molecular flexibility index (Phi) is 8.13. The highest BCUT2D eigenvalue weighted by Gasteiger charge is 2.19. The lowest BCUT2D eigenvalue weighted by atomic mass is 10.1. The summed E-state index contributed by atoms with van der Waals surface area (Å²) in [6, 6.07) is 12.8. The Morgan fingerprint density at radius 3 is 2.24 bits per heavy atom. The summed E-state index contributed by atoms with van der Waals surface area (Å²) in [5.74, 6) is 0.0652. The molecule has 156 valence electrons. The maximum atomic E-state index is 12.4. The van der Waals surface area contributed by atoms with Crippen LogP contribution in [0.4, 0.5) is 10.5 Å². The predicted molar refractivity (Wildman–Crippen MR) is 116 cm³/mol. The zero-order chi connectivity index (χ0) is 21.4. The number of oxime groups is 1. The van der Waals surface area contributed by atoms with E-state index in [2.05, 4.69) is 15.8 Å². The number of nitrogens with zero attached hydrogens (tertiary/aromatic N) is 1. The number of amidine groups is 1. The van der Waals surface area contributed by atoms with Crippen molar-refractivity contribution in [2.45, 2.75) is 31.9 Å². The molecule has 0 aromatic heterocycles. The second kappa shape index (κ2) is 10.3. The van der Waals surface area contributed by atoms with Gasteiger partial charge in [-0.3, -0.25) is 0 Å². The van der Waals surface area contributed by atoms with E-state index in [-0.39, 0.29) is 12.4 Å². The molecule has 0 radical (unpaired) electrons. The summed E-state index contributed by atoms with van der Waals surface area (Å²) in [6.45, 7) is 3.13. The first-order chi connectivity index (χ1) is 13.6. The van der Waals surface area contributed by atoms with Crippen LogP contribution in [0.1, 0.15) is 19.4 Å². The first-order valence-corrected chi connectivity index (χ1v) is 9.63. The summed E-state index contributed by atoms with van der Waals surface area (Å²) in [6.07, 6.45) is 0.367. The third kappa shape index (κ3) is 8.60. The van der Waals surface area contributed by atoms with Gasteiger partial charge >= 0.3 is 6.03 Å². The molecule has 0 bridgehead atoms. The molecule has 0 aliphatic carbocycles. The molecule has 0 aliphatic rings. The van der Waals surface area contributed by atoms with Crippen molar-refractivity contribution in [1.29, 1.82) is 0 Å². The molecule has 7 nitrogen and oxygen atoms in total. The number of anilines is 1. The number of amides is 2. The van der Waals surface area contributed by atoms with Gasteiger partial charge in [0.1, 0.15) is 6.61 Å². The number of hydrogen-bond donors (Lipinski definition) is 4. The van der Waals surface area contributed by atoms with Crippen LogP contribution in [0.25, 0.3) is 0 Å². The fourth-order valence-corrected chi connectivity index (χ4v) is 2.52. The Morgan fingerprint density at radius 1 is 1.14 bits per heavy atom. The smallest absolute Gasteiger partial charge is 0.319 e. The van der Waals surface area contributed by atoms with Gasteiger partial charge in [0.15, 0.2) is 5.84 Å². The number of benzene rings is 2. The number of rotatable bonds is 8. The van der Waals surface area contributed by atoms with Crippen LogP contribution >= 0.6 is 23.2 Å². The van der Waals surface area contributed by atoms with Crippen molar-refractivity contribution < 1.29 is 14.7 Å².